The van der Waals surface area contributed by atoms with E-state index in [-0.39, 0.29) is 23.8 Å². The number of nitro benzene ring substituents is 1. The number of anilines is 1. The van der Waals surface area contributed by atoms with E-state index in [0.29, 0.717) is 19.0 Å². The van der Waals surface area contributed by atoms with Gasteiger partial charge >= 0.3 is 0 Å². The number of non-ortho nitro benzene ring substituents is 1. The van der Waals surface area contributed by atoms with Gasteiger partial charge in [-0.1, -0.05) is 36.4 Å². The van der Waals surface area contributed by atoms with E-state index in [1.807, 2.05) is 18.2 Å². The number of nitro groups is 1. The number of nitrogens with zero attached hydrogens (tertiary/aromatic N) is 3. The molecular weight excluding hydrogens is 406 g/mol. The molecule has 0 N–H and O–H groups in total. The van der Waals surface area contributed by atoms with Crippen molar-refractivity contribution in [1.82, 2.24) is 4.90 Å². The number of hydrogen-bond acceptors (Lipinski definition) is 5. The van der Waals surface area contributed by atoms with Crippen molar-refractivity contribution >= 4 is 27.3 Å². The van der Waals surface area contributed by atoms with Gasteiger partial charge in [0, 0.05) is 25.2 Å². The second-order valence-corrected chi connectivity index (χ2v) is 9.47. The van der Waals surface area contributed by atoms with Crippen LogP contribution in [-0.4, -0.2) is 50.0 Å². The van der Waals surface area contributed by atoms with Crippen molar-refractivity contribution in [3.05, 3.63) is 70.3 Å². The predicted molar refractivity (Wildman–Crippen MR) is 115 cm³/mol. The van der Waals surface area contributed by atoms with Gasteiger partial charge in [0.15, 0.2) is 0 Å². The second-order valence-electron chi connectivity index (χ2n) is 7.56. The van der Waals surface area contributed by atoms with Gasteiger partial charge < -0.3 is 4.90 Å². The number of likely N-dealkylation sites (tertiary alicyclic amines) is 1. The normalized spacial score (nSPS) is 15.0. The van der Waals surface area contributed by atoms with Crippen molar-refractivity contribution in [3.8, 4) is 0 Å². The van der Waals surface area contributed by atoms with Crippen LogP contribution >= 0.6 is 0 Å². The van der Waals surface area contributed by atoms with Crippen molar-refractivity contribution < 1.29 is 18.1 Å². The lowest BCUT2D eigenvalue weighted by Gasteiger charge is -2.33. The number of sulfonamides is 1. The predicted octanol–water partition coefficient (Wildman–Crippen LogP) is 2.84. The summed E-state index contributed by atoms with van der Waals surface area (Å²) in [6.07, 6.45) is 3.67. The number of rotatable bonds is 7. The molecule has 1 amide bonds. The van der Waals surface area contributed by atoms with E-state index in [1.165, 1.54) is 29.8 Å². The van der Waals surface area contributed by atoms with Crippen molar-refractivity contribution in [2.45, 2.75) is 19.3 Å². The van der Waals surface area contributed by atoms with Gasteiger partial charge in [-0.05, 0) is 36.8 Å². The van der Waals surface area contributed by atoms with Crippen LogP contribution in [0.4, 0.5) is 11.4 Å². The molecule has 2 aromatic rings. The summed E-state index contributed by atoms with van der Waals surface area (Å²) in [7, 11) is -3.78. The topological polar surface area (TPSA) is 101 Å². The summed E-state index contributed by atoms with van der Waals surface area (Å²) in [4.78, 5) is 24.9. The Morgan fingerprint density at radius 1 is 1.13 bits per heavy atom. The molecule has 0 aromatic heterocycles. The molecule has 0 atom stereocenters. The molecule has 0 saturated carbocycles. The fourth-order valence-corrected chi connectivity index (χ4v) is 4.56. The van der Waals surface area contributed by atoms with E-state index >= 15 is 0 Å². The summed E-state index contributed by atoms with van der Waals surface area (Å²) in [5.41, 5.74) is 1.16. The van der Waals surface area contributed by atoms with Gasteiger partial charge in [-0.25, -0.2) is 8.42 Å². The van der Waals surface area contributed by atoms with Crippen LogP contribution in [-0.2, 0) is 21.2 Å². The molecule has 1 heterocycles. The van der Waals surface area contributed by atoms with Crippen LogP contribution in [0.1, 0.15) is 18.4 Å². The van der Waals surface area contributed by atoms with E-state index in [9.17, 15) is 23.3 Å². The number of carbonyl (C=O) groups excluding carboxylic acids is 1. The Morgan fingerprint density at radius 2 is 1.80 bits per heavy atom. The Labute approximate surface area is 176 Å². The molecule has 2 aromatic carbocycles. The monoisotopic (exact) mass is 431 g/mol. The molecule has 160 valence electrons. The maximum absolute atomic E-state index is 12.8. The molecule has 1 fully saturated rings. The van der Waals surface area contributed by atoms with Crippen molar-refractivity contribution in [2.24, 2.45) is 5.92 Å². The third-order valence-electron chi connectivity index (χ3n) is 5.34. The summed E-state index contributed by atoms with van der Waals surface area (Å²) < 4.78 is 25.5. The number of piperidine rings is 1. The van der Waals surface area contributed by atoms with E-state index in [0.717, 1.165) is 29.8 Å². The first kappa shape index (κ1) is 21.8. The zero-order chi connectivity index (χ0) is 21.7. The standard InChI is InChI=1S/C21H25N3O5S/c1-30(28,29)23(19-8-5-9-20(15-19)24(26)27)16-21(25)22-12-10-18(11-13-22)14-17-6-3-2-4-7-17/h2-9,15,18H,10-14,16H2,1H3. The highest BCUT2D eigenvalue weighted by atomic mass is 32.2. The van der Waals surface area contributed by atoms with Crippen molar-refractivity contribution in [3.63, 3.8) is 0 Å². The lowest BCUT2D eigenvalue weighted by Crippen LogP contribution is -2.46. The molecule has 0 radical (unpaired) electrons. The second kappa shape index (κ2) is 9.25. The maximum atomic E-state index is 12.8. The van der Waals surface area contributed by atoms with Gasteiger partial charge in [-0.3, -0.25) is 19.2 Å². The maximum Gasteiger partial charge on any atom is 0.271 e. The molecule has 0 bridgehead atoms. The lowest BCUT2D eigenvalue weighted by atomic mass is 9.90. The van der Waals surface area contributed by atoms with Crippen molar-refractivity contribution in [2.75, 3.05) is 30.2 Å². The van der Waals surface area contributed by atoms with Crippen LogP contribution in [0.15, 0.2) is 54.6 Å². The largest absolute Gasteiger partial charge is 0.341 e. The molecule has 1 aliphatic rings. The minimum absolute atomic E-state index is 0.110. The number of carbonyl (C=O) groups is 1. The van der Waals surface area contributed by atoms with Gasteiger partial charge in [0.1, 0.15) is 6.54 Å². The van der Waals surface area contributed by atoms with E-state index in [1.54, 1.807) is 4.90 Å². The Bertz CT molecular complexity index is 1000. The minimum Gasteiger partial charge on any atom is -0.341 e. The molecule has 0 aliphatic carbocycles. The number of hydrogen-bond donors (Lipinski definition) is 0. The summed E-state index contributed by atoms with van der Waals surface area (Å²) in [6.45, 7) is 0.773. The molecular formula is C21H25N3O5S. The molecule has 0 unspecified atom stereocenters. The van der Waals surface area contributed by atoms with E-state index < -0.39 is 14.9 Å². The van der Waals surface area contributed by atoms with Crippen LogP contribution in [0, 0.1) is 16.0 Å². The Hall–Kier alpha value is -2.94. The Kier molecular flexibility index (Phi) is 6.71. The molecule has 1 saturated heterocycles. The molecule has 1 aliphatic heterocycles. The first-order chi connectivity index (χ1) is 14.2. The highest BCUT2D eigenvalue weighted by Crippen LogP contribution is 2.25. The Morgan fingerprint density at radius 3 is 2.40 bits per heavy atom. The molecule has 0 spiro atoms. The Balaban J connectivity index is 1.64. The van der Waals surface area contributed by atoms with Gasteiger partial charge in [0.05, 0.1) is 16.9 Å². The van der Waals surface area contributed by atoms with Crippen molar-refractivity contribution in [1.29, 1.82) is 0 Å². The molecule has 8 nitrogen and oxygen atoms in total. The summed E-state index contributed by atoms with van der Waals surface area (Å²) in [5.74, 6) is 0.185. The van der Waals surface area contributed by atoms with Gasteiger partial charge in [0.2, 0.25) is 15.9 Å². The first-order valence-electron chi connectivity index (χ1n) is 9.78. The van der Waals surface area contributed by atoms with E-state index in [2.05, 4.69) is 12.1 Å². The third kappa shape index (κ3) is 5.56. The zero-order valence-corrected chi connectivity index (χ0v) is 17.6. The average Bonchev–Trinajstić information content (AvgIpc) is 2.72. The summed E-state index contributed by atoms with van der Waals surface area (Å²) in [5, 5.41) is 11.0. The quantitative estimate of drug-likeness (QED) is 0.496. The van der Waals surface area contributed by atoms with Crippen LogP contribution < -0.4 is 4.31 Å². The number of amides is 1. The highest BCUT2D eigenvalue weighted by Gasteiger charge is 2.28. The summed E-state index contributed by atoms with van der Waals surface area (Å²) >= 11 is 0. The van der Waals surface area contributed by atoms with Gasteiger partial charge in [-0.15, -0.1) is 0 Å². The average molecular weight is 432 g/mol. The van der Waals surface area contributed by atoms with Gasteiger partial charge in [0.25, 0.3) is 5.69 Å². The third-order valence-corrected chi connectivity index (χ3v) is 6.48. The first-order valence-corrected chi connectivity index (χ1v) is 11.6. The zero-order valence-electron chi connectivity index (χ0n) is 16.8. The van der Waals surface area contributed by atoms with E-state index in [4.69, 9.17) is 0 Å². The van der Waals surface area contributed by atoms with Crippen LogP contribution in [0.2, 0.25) is 0 Å². The lowest BCUT2D eigenvalue weighted by molar-refractivity contribution is -0.384. The summed E-state index contributed by atoms with van der Waals surface area (Å²) in [6, 6.07) is 15.5. The number of benzene rings is 2. The molecule has 3 rings (SSSR count). The minimum atomic E-state index is -3.78. The fraction of sp³-hybridized carbons (Fsp3) is 0.381. The van der Waals surface area contributed by atoms with Crippen LogP contribution in [0.3, 0.4) is 0 Å². The van der Waals surface area contributed by atoms with Crippen LogP contribution in [0.25, 0.3) is 0 Å². The smallest absolute Gasteiger partial charge is 0.271 e. The fourth-order valence-electron chi connectivity index (χ4n) is 3.72. The molecule has 30 heavy (non-hydrogen) atoms. The highest BCUT2D eigenvalue weighted by molar-refractivity contribution is 7.92. The molecule has 9 heteroatoms. The SMILES string of the molecule is CS(=O)(=O)N(CC(=O)N1CCC(Cc2ccccc2)CC1)c1cccc([N+](=O)[O-])c1. The van der Waals surface area contributed by atoms with Crippen LogP contribution in [0.5, 0.6) is 0 Å². The van der Waals surface area contributed by atoms with Gasteiger partial charge in [-0.2, -0.15) is 0 Å².